The number of nitrogens with one attached hydrogen (secondary N) is 1. The third-order valence-corrected chi connectivity index (χ3v) is 4.47. The minimum absolute atomic E-state index is 0.0403. The van der Waals surface area contributed by atoms with Crippen LogP contribution in [0.2, 0.25) is 5.02 Å². The Morgan fingerprint density at radius 2 is 1.85 bits per heavy atom. The zero-order valence-corrected chi connectivity index (χ0v) is 15.1. The first kappa shape index (κ1) is 17.1. The molecule has 0 aliphatic heterocycles. The van der Waals surface area contributed by atoms with Crippen LogP contribution in [0.15, 0.2) is 75.7 Å². The summed E-state index contributed by atoms with van der Waals surface area (Å²) in [6.45, 7) is 1.80. The number of aryl methyl sites for hydroxylation is 1. The Hall–Kier alpha value is -3.38. The summed E-state index contributed by atoms with van der Waals surface area (Å²) in [6, 6.07) is 17.6. The van der Waals surface area contributed by atoms with E-state index in [1.54, 1.807) is 35.9 Å². The van der Waals surface area contributed by atoms with Gasteiger partial charge in [0.15, 0.2) is 0 Å². The molecule has 6 nitrogen and oxygen atoms in total. The molecular formula is C20H15ClN4O2. The van der Waals surface area contributed by atoms with Crippen LogP contribution in [0.25, 0.3) is 16.5 Å². The highest BCUT2D eigenvalue weighted by Gasteiger charge is 2.11. The SMILES string of the molecule is Cc1cc(=O)[nH]n1-c1cc(Cl)ccc1N=Nc1c(O)ccc2ccccc12. The van der Waals surface area contributed by atoms with E-state index in [2.05, 4.69) is 15.3 Å². The van der Waals surface area contributed by atoms with E-state index in [-0.39, 0.29) is 11.3 Å². The Kier molecular flexibility index (Phi) is 4.25. The number of aromatic hydroxyl groups is 1. The van der Waals surface area contributed by atoms with Gasteiger partial charge >= 0.3 is 0 Å². The second-order valence-electron chi connectivity index (χ2n) is 6.08. The average Bonchev–Trinajstić information content (AvgIpc) is 3.00. The molecule has 0 fully saturated rings. The van der Waals surface area contributed by atoms with Crippen molar-refractivity contribution >= 4 is 33.7 Å². The standard InChI is InChI=1S/C20H15ClN4O2/c1-12-10-19(27)24-25(12)17-11-14(21)7-8-16(17)22-23-20-15-5-3-2-4-13(15)6-9-18(20)26/h2-11,26H,1H3,(H,24,27). The molecule has 0 unspecified atom stereocenters. The van der Waals surface area contributed by atoms with Crippen LogP contribution in [0.4, 0.5) is 11.4 Å². The number of hydrogen-bond donors (Lipinski definition) is 2. The van der Waals surface area contributed by atoms with Crippen molar-refractivity contribution in [2.45, 2.75) is 6.92 Å². The monoisotopic (exact) mass is 378 g/mol. The Balaban J connectivity index is 1.86. The lowest BCUT2D eigenvalue weighted by atomic mass is 10.1. The number of rotatable bonds is 3. The van der Waals surface area contributed by atoms with Gasteiger partial charge < -0.3 is 5.11 Å². The van der Waals surface area contributed by atoms with Crippen molar-refractivity contribution in [1.82, 2.24) is 9.78 Å². The first-order valence-electron chi connectivity index (χ1n) is 8.24. The fraction of sp³-hybridized carbons (Fsp3) is 0.0500. The van der Waals surface area contributed by atoms with Crippen LogP contribution in [0.1, 0.15) is 5.69 Å². The molecule has 134 valence electrons. The molecule has 1 heterocycles. The van der Waals surface area contributed by atoms with E-state index in [1.165, 1.54) is 6.07 Å². The molecule has 0 bridgehead atoms. The maximum absolute atomic E-state index is 11.7. The van der Waals surface area contributed by atoms with Gasteiger partial charge in [-0.15, -0.1) is 10.2 Å². The fourth-order valence-corrected chi connectivity index (χ4v) is 3.11. The molecule has 27 heavy (non-hydrogen) atoms. The maximum Gasteiger partial charge on any atom is 0.264 e. The van der Waals surface area contributed by atoms with Crippen molar-refractivity contribution < 1.29 is 5.11 Å². The summed E-state index contributed by atoms with van der Waals surface area (Å²) in [4.78, 5) is 11.7. The number of H-pyrrole nitrogens is 1. The van der Waals surface area contributed by atoms with Crippen molar-refractivity contribution in [2.75, 3.05) is 0 Å². The molecule has 4 aromatic rings. The van der Waals surface area contributed by atoms with Gasteiger partial charge in [-0.2, -0.15) is 0 Å². The summed E-state index contributed by atoms with van der Waals surface area (Å²) in [7, 11) is 0. The summed E-state index contributed by atoms with van der Waals surface area (Å²) in [6.07, 6.45) is 0. The Morgan fingerprint density at radius 1 is 1.04 bits per heavy atom. The van der Waals surface area contributed by atoms with Gasteiger partial charge in [0.25, 0.3) is 5.56 Å². The number of nitrogens with zero attached hydrogens (tertiary/aromatic N) is 3. The van der Waals surface area contributed by atoms with E-state index in [1.807, 2.05) is 30.3 Å². The zero-order valence-electron chi connectivity index (χ0n) is 14.3. The van der Waals surface area contributed by atoms with Crippen LogP contribution in [0.3, 0.4) is 0 Å². The Labute approximate surface area is 159 Å². The fourth-order valence-electron chi connectivity index (χ4n) is 2.95. The number of azo groups is 1. The van der Waals surface area contributed by atoms with Crippen molar-refractivity contribution in [1.29, 1.82) is 0 Å². The number of fused-ring (bicyclic) bond motifs is 1. The van der Waals surface area contributed by atoms with Crippen LogP contribution < -0.4 is 5.56 Å². The molecule has 1 aromatic heterocycles. The van der Waals surface area contributed by atoms with E-state index < -0.39 is 0 Å². The molecule has 0 spiro atoms. The molecular weight excluding hydrogens is 364 g/mol. The van der Waals surface area contributed by atoms with Crippen LogP contribution in [0.5, 0.6) is 5.75 Å². The lowest BCUT2D eigenvalue weighted by molar-refractivity contribution is 0.477. The highest BCUT2D eigenvalue weighted by molar-refractivity contribution is 6.30. The second kappa shape index (κ2) is 6.74. The Morgan fingerprint density at radius 3 is 2.63 bits per heavy atom. The first-order valence-corrected chi connectivity index (χ1v) is 8.62. The van der Waals surface area contributed by atoms with Gasteiger partial charge in [-0.1, -0.05) is 41.9 Å². The number of hydrogen-bond acceptors (Lipinski definition) is 4. The number of aromatic amines is 1. The van der Waals surface area contributed by atoms with Crippen molar-refractivity contribution in [3.63, 3.8) is 0 Å². The number of phenolic OH excluding ortho intramolecular Hbond substituents is 1. The third kappa shape index (κ3) is 3.22. The van der Waals surface area contributed by atoms with Gasteiger partial charge in [0.1, 0.15) is 17.1 Å². The highest BCUT2D eigenvalue weighted by Crippen LogP contribution is 2.37. The molecule has 0 saturated heterocycles. The average molecular weight is 379 g/mol. The summed E-state index contributed by atoms with van der Waals surface area (Å²) < 4.78 is 1.60. The maximum atomic E-state index is 11.7. The number of halogens is 1. The highest BCUT2D eigenvalue weighted by atomic mass is 35.5. The number of phenols is 1. The first-order chi connectivity index (χ1) is 13.0. The number of benzene rings is 3. The van der Waals surface area contributed by atoms with E-state index in [9.17, 15) is 9.90 Å². The third-order valence-electron chi connectivity index (χ3n) is 4.23. The molecule has 7 heteroatoms. The van der Waals surface area contributed by atoms with E-state index in [4.69, 9.17) is 11.6 Å². The van der Waals surface area contributed by atoms with Crippen LogP contribution in [-0.4, -0.2) is 14.9 Å². The molecule has 0 saturated carbocycles. The van der Waals surface area contributed by atoms with Gasteiger partial charge in [0, 0.05) is 22.2 Å². The summed E-state index contributed by atoms with van der Waals surface area (Å²) in [5, 5.41) is 23.8. The van der Waals surface area contributed by atoms with Crippen molar-refractivity contribution in [2.24, 2.45) is 10.2 Å². The minimum atomic E-state index is -0.220. The molecule has 2 N–H and O–H groups in total. The number of aromatic nitrogens is 2. The quantitative estimate of drug-likeness (QED) is 0.468. The lowest BCUT2D eigenvalue weighted by Crippen LogP contribution is -2.04. The largest absolute Gasteiger partial charge is 0.506 e. The molecule has 0 aliphatic rings. The lowest BCUT2D eigenvalue weighted by Gasteiger charge is -2.09. The van der Waals surface area contributed by atoms with Gasteiger partial charge in [-0.25, -0.2) is 0 Å². The minimum Gasteiger partial charge on any atom is -0.506 e. The van der Waals surface area contributed by atoms with Crippen molar-refractivity contribution in [3.05, 3.63) is 81.7 Å². The van der Waals surface area contributed by atoms with Crippen LogP contribution in [0, 0.1) is 6.92 Å². The summed E-state index contributed by atoms with van der Waals surface area (Å²) in [5.41, 5.74) is 1.97. The normalized spacial score (nSPS) is 11.5. The van der Waals surface area contributed by atoms with E-state index >= 15 is 0 Å². The summed E-state index contributed by atoms with van der Waals surface area (Å²) in [5.74, 6) is 0.0403. The molecule has 4 rings (SSSR count). The molecule has 3 aromatic carbocycles. The van der Waals surface area contributed by atoms with Gasteiger partial charge in [0.2, 0.25) is 0 Å². The predicted octanol–water partition coefficient (Wildman–Crippen LogP) is 5.40. The van der Waals surface area contributed by atoms with Gasteiger partial charge in [-0.3, -0.25) is 14.6 Å². The van der Waals surface area contributed by atoms with E-state index in [0.717, 1.165) is 10.8 Å². The predicted molar refractivity (Wildman–Crippen MR) is 106 cm³/mol. The molecule has 0 atom stereocenters. The smallest absolute Gasteiger partial charge is 0.264 e. The summed E-state index contributed by atoms with van der Waals surface area (Å²) >= 11 is 6.13. The van der Waals surface area contributed by atoms with Crippen LogP contribution in [-0.2, 0) is 0 Å². The molecule has 0 amide bonds. The van der Waals surface area contributed by atoms with Gasteiger partial charge in [0.05, 0.1) is 5.69 Å². The topological polar surface area (TPSA) is 82.7 Å². The van der Waals surface area contributed by atoms with Gasteiger partial charge in [-0.05, 0) is 36.6 Å². The second-order valence-corrected chi connectivity index (χ2v) is 6.52. The zero-order chi connectivity index (χ0) is 19.0. The Bertz CT molecular complexity index is 1240. The van der Waals surface area contributed by atoms with Crippen LogP contribution >= 0.6 is 11.6 Å². The van der Waals surface area contributed by atoms with Crippen molar-refractivity contribution in [3.8, 4) is 11.4 Å². The van der Waals surface area contributed by atoms with E-state index in [0.29, 0.717) is 27.8 Å². The molecule has 0 aliphatic carbocycles. The molecule has 0 radical (unpaired) electrons.